The van der Waals surface area contributed by atoms with Gasteiger partial charge >= 0.3 is 0 Å². The van der Waals surface area contributed by atoms with Gasteiger partial charge in [0.05, 0.1) is 29.0 Å². The number of hydrogen-bond acceptors (Lipinski definition) is 6. The van der Waals surface area contributed by atoms with Crippen LogP contribution in [0.1, 0.15) is 33.9 Å². The first kappa shape index (κ1) is 23.5. The molecule has 1 aromatic heterocycles. The van der Waals surface area contributed by atoms with Crippen molar-refractivity contribution in [1.29, 1.82) is 0 Å². The van der Waals surface area contributed by atoms with Gasteiger partial charge in [0.15, 0.2) is 6.29 Å². The highest BCUT2D eigenvalue weighted by atomic mass is 16.1. The zero-order valence-electron chi connectivity index (χ0n) is 19.4. The topological polar surface area (TPSA) is 97.9 Å². The lowest BCUT2D eigenvalue weighted by molar-refractivity contribution is 0.111. The molecule has 4 N–H and O–H groups in total. The second kappa shape index (κ2) is 9.99. The largest absolute Gasteiger partial charge is 0.397 e. The Morgan fingerprint density at radius 3 is 2.76 bits per heavy atom. The fourth-order valence-electron chi connectivity index (χ4n) is 3.19. The standard InChI is InChI=1S/C26H30N6O/c1-16-13-29-32(6)23(15-33)12-24(30-19(16)4)20(5)28-14-21-8-7-9-22(11-10-21)31-26-18(3)17(2)25(26)27/h7-10,12-13,15,28,31H,2-3,5,11,14,27H2,1,4,6H3. The molecule has 1 aromatic rings. The molecule has 170 valence electrons. The quantitative estimate of drug-likeness (QED) is 0.559. The fraction of sp³-hybridized carbons (Fsp3) is 0.192. The molecule has 33 heavy (non-hydrogen) atoms. The summed E-state index contributed by atoms with van der Waals surface area (Å²) in [6.45, 7) is 16.4. The van der Waals surface area contributed by atoms with Gasteiger partial charge in [0.1, 0.15) is 5.69 Å². The molecule has 0 saturated carbocycles. The van der Waals surface area contributed by atoms with Crippen LogP contribution in [0.2, 0.25) is 0 Å². The van der Waals surface area contributed by atoms with Gasteiger partial charge < -0.3 is 16.4 Å². The van der Waals surface area contributed by atoms with Crippen LogP contribution in [0, 0.1) is 13.8 Å². The molecular formula is C26H30N6O. The number of hydrogen-bond donors (Lipinski definition) is 3. The van der Waals surface area contributed by atoms with Crippen LogP contribution in [0.25, 0.3) is 5.70 Å². The summed E-state index contributed by atoms with van der Waals surface area (Å²) in [7, 11) is 1.72. The maximum atomic E-state index is 11.6. The number of carbonyl (C=O) groups is 1. The fourth-order valence-corrected chi connectivity index (χ4v) is 3.19. The zero-order valence-corrected chi connectivity index (χ0v) is 19.4. The van der Waals surface area contributed by atoms with Crippen LogP contribution >= 0.6 is 0 Å². The second-order valence-electron chi connectivity index (χ2n) is 7.96. The molecule has 0 bridgehead atoms. The van der Waals surface area contributed by atoms with Crippen molar-refractivity contribution in [2.24, 2.45) is 12.8 Å². The van der Waals surface area contributed by atoms with Gasteiger partial charge in [-0.15, -0.1) is 0 Å². The third-order valence-electron chi connectivity index (χ3n) is 5.62. The van der Waals surface area contributed by atoms with Crippen molar-refractivity contribution in [2.45, 2.75) is 20.3 Å². The van der Waals surface area contributed by atoms with E-state index in [1.807, 2.05) is 32.1 Å². The maximum Gasteiger partial charge on any atom is 0.168 e. The minimum atomic E-state index is 0.387. The van der Waals surface area contributed by atoms with Crippen LogP contribution in [-0.4, -0.2) is 27.6 Å². The minimum absolute atomic E-state index is 0.387. The van der Waals surface area contributed by atoms with Gasteiger partial charge in [-0.05, 0) is 37.1 Å². The summed E-state index contributed by atoms with van der Waals surface area (Å²) in [4.78, 5) is 16.2. The predicted octanol–water partition coefficient (Wildman–Crippen LogP) is 3.59. The van der Waals surface area contributed by atoms with E-state index in [-0.39, 0.29) is 0 Å². The first-order valence-electron chi connectivity index (χ1n) is 10.6. The number of carbonyl (C=O) groups excluding carboxylic acids is 1. The highest BCUT2D eigenvalue weighted by Crippen LogP contribution is 2.32. The van der Waals surface area contributed by atoms with Gasteiger partial charge in [0.2, 0.25) is 0 Å². The number of rotatable bonds is 7. The molecular weight excluding hydrogens is 412 g/mol. The normalized spacial score (nSPS) is 15.1. The molecule has 0 amide bonds. The number of nitrogens with zero attached hydrogens (tertiary/aromatic N) is 3. The molecule has 3 rings (SSSR count). The third-order valence-corrected chi connectivity index (χ3v) is 5.62. The molecule has 0 saturated heterocycles. The number of aryl methyl sites for hydroxylation is 3. The Labute approximate surface area is 194 Å². The van der Waals surface area contributed by atoms with Crippen molar-refractivity contribution in [2.75, 3.05) is 6.54 Å². The van der Waals surface area contributed by atoms with Crippen LogP contribution in [0.3, 0.4) is 0 Å². The molecule has 0 atom stereocenters. The van der Waals surface area contributed by atoms with E-state index >= 15 is 0 Å². The Kier molecular flexibility index (Phi) is 7.13. The van der Waals surface area contributed by atoms with Gasteiger partial charge in [0, 0.05) is 42.6 Å². The summed E-state index contributed by atoms with van der Waals surface area (Å²) >= 11 is 0. The molecule has 0 aliphatic heterocycles. The highest BCUT2D eigenvalue weighted by Gasteiger charge is 2.24. The zero-order chi connectivity index (χ0) is 24.1. The van der Waals surface area contributed by atoms with E-state index < -0.39 is 0 Å². The van der Waals surface area contributed by atoms with Gasteiger partial charge in [-0.25, -0.2) is 0 Å². The van der Waals surface area contributed by atoms with E-state index in [4.69, 9.17) is 5.73 Å². The molecule has 0 unspecified atom stereocenters. The summed E-state index contributed by atoms with van der Waals surface area (Å²) in [5.74, 6) is 0. The van der Waals surface area contributed by atoms with Crippen LogP contribution in [0.5, 0.6) is 0 Å². The van der Waals surface area contributed by atoms with E-state index in [2.05, 4.69) is 46.5 Å². The highest BCUT2D eigenvalue weighted by molar-refractivity contribution is 5.73. The lowest BCUT2D eigenvalue weighted by atomic mass is 9.90. The van der Waals surface area contributed by atoms with Crippen molar-refractivity contribution < 1.29 is 4.79 Å². The van der Waals surface area contributed by atoms with Crippen LogP contribution in [0.4, 0.5) is 0 Å². The van der Waals surface area contributed by atoms with Gasteiger partial charge in [-0.2, -0.15) is 5.10 Å². The number of nitrogens with one attached hydrogen (secondary N) is 2. The molecule has 0 radical (unpaired) electrons. The molecule has 0 spiro atoms. The van der Waals surface area contributed by atoms with E-state index in [9.17, 15) is 4.79 Å². The molecule has 2 aliphatic rings. The molecule has 7 heteroatoms. The van der Waals surface area contributed by atoms with Gasteiger partial charge in [0.25, 0.3) is 0 Å². The Bertz CT molecular complexity index is 1220. The SMILES string of the molecule is C=C1C(=C)C(NC2=CC=CC(CNC(=C)c3cc(C=O)n(C)ncc(C)c(C)n3)=CC2)=C1N. The number of allylic oxidation sites excluding steroid dienone is 5. The third kappa shape index (κ3) is 5.38. The summed E-state index contributed by atoms with van der Waals surface area (Å²) in [6.07, 6.45) is 11.3. The average Bonchev–Trinajstić information content (AvgIpc) is 3.03. The van der Waals surface area contributed by atoms with E-state index in [1.165, 1.54) is 4.68 Å². The summed E-state index contributed by atoms with van der Waals surface area (Å²) < 4.78 is 1.52. The Morgan fingerprint density at radius 2 is 2.06 bits per heavy atom. The van der Waals surface area contributed by atoms with Crippen LogP contribution < -0.4 is 16.4 Å². The van der Waals surface area contributed by atoms with Crippen molar-refractivity contribution >= 4 is 12.0 Å². The van der Waals surface area contributed by atoms with Crippen molar-refractivity contribution in [3.8, 4) is 0 Å². The van der Waals surface area contributed by atoms with Gasteiger partial charge in [-0.1, -0.05) is 38.0 Å². The smallest absolute Gasteiger partial charge is 0.168 e. The van der Waals surface area contributed by atoms with Crippen molar-refractivity contribution in [3.05, 3.63) is 113 Å². The average molecular weight is 443 g/mol. The first-order chi connectivity index (χ1) is 15.7. The van der Waals surface area contributed by atoms with E-state index in [0.29, 0.717) is 35.7 Å². The molecule has 0 fully saturated rings. The Balaban J connectivity index is 1.73. The number of nitrogens with two attached hydrogens (primary N) is 1. The van der Waals surface area contributed by atoms with Crippen molar-refractivity contribution in [3.63, 3.8) is 0 Å². The number of aldehydes is 1. The lowest BCUT2D eigenvalue weighted by Gasteiger charge is -2.27. The summed E-state index contributed by atoms with van der Waals surface area (Å²) in [5.41, 5.74) is 14.5. The summed E-state index contributed by atoms with van der Waals surface area (Å²) in [6, 6.07) is 1.68. The molecule has 7 nitrogen and oxygen atoms in total. The van der Waals surface area contributed by atoms with E-state index in [0.717, 1.165) is 45.7 Å². The van der Waals surface area contributed by atoms with E-state index in [1.54, 1.807) is 19.3 Å². The van der Waals surface area contributed by atoms with Crippen LogP contribution in [-0.2, 0) is 7.05 Å². The Morgan fingerprint density at radius 1 is 1.30 bits per heavy atom. The van der Waals surface area contributed by atoms with Gasteiger partial charge in [-0.3, -0.25) is 14.5 Å². The monoisotopic (exact) mass is 442 g/mol. The van der Waals surface area contributed by atoms with Crippen molar-refractivity contribution in [1.82, 2.24) is 25.4 Å². The molecule has 2 aliphatic carbocycles. The minimum Gasteiger partial charge on any atom is -0.397 e. The first-order valence-corrected chi connectivity index (χ1v) is 10.6. The predicted molar refractivity (Wildman–Crippen MR) is 133 cm³/mol. The lowest BCUT2D eigenvalue weighted by Crippen LogP contribution is -2.28. The maximum absolute atomic E-state index is 11.6. The molecule has 0 aromatic carbocycles. The summed E-state index contributed by atoms with van der Waals surface area (Å²) in [5, 5.41) is 10.9. The molecule has 1 heterocycles. The second-order valence-corrected chi connectivity index (χ2v) is 7.96. The number of aromatic nitrogens is 3. The van der Waals surface area contributed by atoms with Crippen LogP contribution in [0.15, 0.2) is 90.1 Å². The Hall–Kier alpha value is -4.13.